The van der Waals surface area contributed by atoms with Gasteiger partial charge in [0.1, 0.15) is 0 Å². The first-order chi connectivity index (χ1) is 11.6. The van der Waals surface area contributed by atoms with Crippen molar-refractivity contribution >= 4 is 29.9 Å². The highest BCUT2D eigenvalue weighted by Crippen LogP contribution is 2.17. The monoisotopic (exact) mass is 465 g/mol. The Bertz CT molecular complexity index is 380. The van der Waals surface area contributed by atoms with Crippen molar-refractivity contribution in [1.82, 2.24) is 20.4 Å². The average Bonchev–Trinajstić information content (AvgIpc) is 2.60. The minimum atomic E-state index is 0. The van der Waals surface area contributed by atoms with Gasteiger partial charge in [-0.1, -0.05) is 13.3 Å². The molecule has 0 aromatic rings. The summed E-state index contributed by atoms with van der Waals surface area (Å²) >= 11 is 0. The molecule has 25 heavy (non-hydrogen) atoms. The Morgan fingerprint density at radius 2 is 1.80 bits per heavy atom. The van der Waals surface area contributed by atoms with Crippen LogP contribution in [0.5, 0.6) is 0 Å². The number of nitrogens with one attached hydrogen (secondary N) is 2. The summed E-state index contributed by atoms with van der Waals surface area (Å²) in [5.74, 6) is 1.02. The van der Waals surface area contributed by atoms with E-state index in [0.29, 0.717) is 18.1 Å². The van der Waals surface area contributed by atoms with Gasteiger partial charge in [0.15, 0.2) is 5.96 Å². The lowest BCUT2D eigenvalue weighted by Crippen LogP contribution is -2.50. The van der Waals surface area contributed by atoms with Gasteiger partial charge < -0.3 is 15.5 Å². The van der Waals surface area contributed by atoms with Crippen molar-refractivity contribution in [1.29, 1.82) is 0 Å². The first-order valence-electron chi connectivity index (χ1n) is 10.2. The van der Waals surface area contributed by atoms with E-state index < -0.39 is 0 Å². The van der Waals surface area contributed by atoms with E-state index in [-0.39, 0.29) is 24.0 Å². The lowest BCUT2D eigenvalue weighted by atomic mass is 10.0. The van der Waals surface area contributed by atoms with Crippen LogP contribution in [0.15, 0.2) is 4.99 Å². The molecule has 2 heterocycles. The number of nitrogens with zero attached hydrogens (tertiary/aromatic N) is 3. The van der Waals surface area contributed by atoms with Crippen LogP contribution in [-0.2, 0) is 0 Å². The lowest BCUT2D eigenvalue weighted by molar-refractivity contribution is 0.161. The van der Waals surface area contributed by atoms with Crippen LogP contribution in [0.1, 0.15) is 59.8 Å². The zero-order chi connectivity index (χ0) is 17.4. The molecule has 2 fully saturated rings. The Hall–Kier alpha value is -0.0800. The average molecular weight is 465 g/mol. The van der Waals surface area contributed by atoms with Crippen LogP contribution in [0.2, 0.25) is 0 Å². The molecule has 0 bridgehead atoms. The third kappa shape index (κ3) is 7.59. The normalized spacial score (nSPS) is 24.2. The highest BCUT2D eigenvalue weighted by molar-refractivity contribution is 14.0. The molecule has 2 aliphatic rings. The topological polar surface area (TPSA) is 42.9 Å². The molecular weight excluding hydrogens is 425 g/mol. The number of halogens is 1. The Morgan fingerprint density at radius 1 is 1.08 bits per heavy atom. The molecule has 0 aromatic heterocycles. The van der Waals surface area contributed by atoms with E-state index in [1.807, 2.05) is 0 Å². The SMILES string of the molecule is CCNC(=NCC1CCCCN1CC)NC1CCN(C(C)C)CC1.I. The Labute approximate surface area is 172 Å². The minimum Gasteiger partial charge on any atom is -0.357 e. The van der Waals surface area contributed by atoms with E-state index in [2.05, 4.69) is 48.1 Å². The van der Waals surface area contributed by atoms with E-state index in [0.717, 1.165) is 25.6 Å². The van der Waals surface area contributed by atoms with Gasteiger partial charge in [-0.05, 0) is 59.5 Å². The smallest absolute Gasteiger partial charge is 0.191 e. The number of aliphatic imine (C=N–C) groups is 1. The molecule has 0 aromatic carbocycles. The standard InChI is InChI=1S/C19H39N5.HI/c1-5-20-19(21-15-18-9-7-8-12-23(18)6-2)22-17-10-13-24(14-11-17)16(3)4;/h16-18H,5-15H2,1-4H3,(H2,20,21,22);1H. The molecule has 0 saturated carbocycles. The van der Waals surface area contributed by atoms with Crippen molar-refractivity contribution < 1.29 is 0 Å². The van der Waals surface area contributed by atoms with Crippen LogP contribution in [0, 0.1) is 0 Å². The fourth-order valence-electron chi connectivity index (χ4n) is 3.95. The van der Waals surface area contributed by atoms with Crippen molar-refractivity contribution in [3.8, 4) is 0 Å². The summed E-state index contributed by atoms with van der Waals surface area (Å²) < 4.78 is 0. The largest absolute Gasteiger partial charge is 0.357 e. The van der Waals surface area contributed by atoms with Crippen LogP contribution >= 0.6 is 24.0 Å². The molecule has 2 saturated heterocycles. The van der Waals surface area contributed by atoms with Gasteiger partial charge in [-0.25, -0.2) is 0 Å². The molecular formula is C19H40IN5. The van der Waals surface area contributed by atoms with Crippen molar-refractivity contribution in [3.05, 3.63) is 0 Å². The molecule has 2 rings (SSSR count). The maximum atomic E-state index is 4.92. The van der Waals surface area contributed by atoms with Gasteiger partial charge >= 0.3 is 0 Å². The number of hydrogen-bond acceptors (Lipinski definition) is 3. The first kappa shape index (κ1) is 23.0. The minimum absolute atomic E-state index is 0. The van der Waals surface area contributed by atoms with Gasteiger partial charge in [-0.15, -0.1) is 24.0 Å². The van der Waals surface area contributed by atoms with E-state index in [9.17, 15) is 0 Å². The summed E-state index contributed by atoms with van der Waals surface area (Å²) in [4.78, 5) is 10.1. The van der Waals surface area contributed by atoms with Gasteiger partial charge in [0.05, 0.1) is 6.54 Å². The van der Waals surface area contributed by atoms with Gasteiger partial charge in [0.2, 0.25) is 0 Å². The maximum Gasteiger partial charge on any atom is 0.191 e. The molecule has 0 radical (unpaired) electrons. The van der Waals surface area contributed by atoms with Crippen LogP contribution < -0.4 is 10.6 Å². The second-order valence-electron chi connectivity index (χ2n) is 7.55. The lowest BCUT2D eigenvalue weighted by Gasteiger charge is -2.36. The second kappa shape index (κ2) is 12.3. The molecule has 148 valence electrons. The summed E-state index contributed by atoms with van der Waals surface area (Å²) in [6, 6.07) is 1.85. The maximum absolute atomic E-state index is 4.92. The third-order valence-electron chi connectivity index (χ3n) is 5.56. The first-order valence-corrected chi connectivity index (χ1v) is 10.2. The molecule has 1 unspecified atom stereocenters. The quantitative estimate of drug-likeness (QED) is 0.360. The van der Waals surface area contributed by atoms with Crippen molar-refractivity contribution in [2.45, 2.75) is 77.9 Å². The molecule has 0 aliphatic carbocycles. The Kier molecular flexibility index (Phi) is 11.3. The second-order valence-corrected chi connectivity index (χ2v) is 7.55. The van der Waals surface area contributed by atoms with Crippen molar-refractivity contribution in [2.24, 2.45) is 4.99 Å². The fraction of sp³-hybridized carbons (Fsp3) is 0.947. The van der Waals surface area contributed by atoms with Crippen LogP contribution in [0.4, 0.5) is 0 Å². The number of guanidine groups is 1. The van der Waals surface area contributed by atoms with E-state index in [1.165, 1.54) is 51.7 Å². The number of hydrogen-bond donors (Lipinski definition) is 2. The van der Waals surface area contributed by atoms with E-state index in [4.69, 9.17) is 4.99 Å². The summed E-state index contributed by atoms with van der Waals surface area (Å²) in [6.07, 6.45) is 6.43. The summed E-state index contributed by atoms with van der Waals surface area (Å²) in [7, 11) is 0. The van der Waals surface area contributed by atoms with Gasteiger partial charge in [0.25, 0.3) is 0 Å². The predicted octanol–water partition coefficient (Wildman–Crippen LogP) is 2.91. The number of likely N-dealkylation sites (tertiary alicyclic amines) is 2. The van der Waals surface area contributed by atoms with Gasteiger partial charge in [-0.3, -0.25) is 9.89 Å². The number of likely N-dealkylation sites (N-methyl/N-ethyl adjacent to an activating group) is 1. The molecule has 2 N–H and O–H groups in total. The molecule has 6 heteroatoms. The fourth-order valence-corrected chi connectivity index (χ4v) is 3.95. The zero-order valence-corrected chi connectivity index (χ0v) is 19.1. The van der Waals surface area contributed by atoms with Crippen molar-refractivity contribution in [3.63, 3.8) is 0 Å². The van der Waals surface area contributed by atoms with Gasteiger partial charge in [0, 0.05) is 37.8 Å². The third-order valence-corrected chi connectivity index (χ3v) is 5.56. The molecule has 1 atom stereocenters. The molecule has 0 amide bonds. The summed E-state index contributed by atoms with van der Waals surface area (Å²) in [5.41, 5.74) is 0. The highest BCUT2D eigenvalue weighted by atomic mass is 127. The summed E-state index contributed by atoms with van der Waals surface area (Å²) in [5, 5.41) is 7.13. The summed E-state index contributed by atoms with van der Waals surface area (Å²) in [6.45, 7) is 15.7. The number of piperidine rings is 2. The van der Waals surface area contributed by atoms with Crippen LogP contribution in [-0.4, -0.2) is 73.2 Å². The van der Waals surface area contributed by atoms with E-state index in [1.54, 1.807) is 0 Å². The molecule has 0 spiro atoms. The molecule has 5 nitrogen and oxygen atoms in total. The number of rotatable bonds is 6. The van der Waals surface area contributed by atoms with Crippen LogP contribution in [0.3, 0.4) is 0 Å². The molecule has 2 aliphatic heterocycles. The van der Waals surface area contributed by atoms with Crippen molar-refractivity contribution in [2.75, 3.05) is 39.3 Å². The zero-order valence-electron chi connectivity index (χ0n) is 16.8. The highest BCUT2D eigenvalue weighted by Gasteiger charge is 2.23. The Balaban J connectivity index is 0.00000312. The van der Waals surface area contributed by atoms with E-state index >= 15 is 0 Å². The predicted molar refractivity (Wildman–Crippen MR) is 119 cm³/mol. The van der Waals surface area contributed by atoms with Crippen LogP contribution in [0.25, 0.3) is 0 Å². The van der Waals surface area contributed by atoms with Gasteiger partial charge in [-0.2, -0.15) is 0 Å². The Morgan fingerprint density at radius 3 is 2.40 bits per heavy atom.